The van der Waals surface area contributed by atoms with Crippen LogP contribution in [-0.2, 0) is 0 Å². The molecule has 0 atom stereocenters. The molecule has 5 nitrogen and oxygen atoms in total. The van der Waals surface area contributed by atoms with E-state index in [-0.39, 0.29) is 0 Å². The Bertz CT molecular complexity index is 3900. The van der Waals surface area contributed by atoms with Gasteiger partial charge in [-0.3, -0.25) is 0 Å². The van der Waals surface area contributed by atoms with Crippen LogP contribution in [0.4, 0.5) is 0 Å². The number of aromatic nitrogens is 4. The SMILES string of the molecule is c1ccc(-c2cccc(-c3ccc(-n4c5ccccc5c5ccc6c7cc(-c8nc(-c9cccc(-c%10ccccc%10)c9)nc(-c9cccc(-c%10ccccc%10)c9)n8)ccc7oc6c54)cc3)c2)cc1. The molecule has 0 amide bonds. The quantitative estimate of drug-likeness (QED) is 0.153. The van der Waals surface area contributed by atoms with E-state index >= 15 is 0 Å². The van der Waals surface area contributed by atoms with E-state index < -0.39 is 0 Å². The predicted octanol–water partition coefficient (Wildman–Crippen LogP) is 16.5. The van der Waals surface area contributed by atoms with Gasteiger partial charge in [0.05, 0.1) is 11.0 Å². The van der Waals surface area contributed by atoms with E-state index in [0.29, 0.717) is 17.5 Å². The average Bonchev–Trinajstić information content (AvgIpc) is 3.97. The molecule has 0 N–H and O–H groups in total. The summed E-state index contributed by atoms with van der Waals surface area (Å²) in [6, 6.07) is 85.2. The fourth-order valence-corrected chi connectivity index (χ4v) is 9.70. The van der Waals surface area contributed by atoms with Crippen molar-refractivity contribution in [1.29, 1.82) is 0 Å². The summed E-state index contributed by atoms with van der Waals surface area (Å²) in [5, 5.41) is 4.32. The van der Waals surface area contributed by atoms with E-state index in [0.717, 1.165) is 88.6 Å². The highest BCUT2D eigenvalue weighted by atomic mass is 16.3. The van der Waals surface area contributed by atoms with Gasteiger partial charge in [-0.15, -0.1) is 0 Å². The number of furan rings is 1. The number of hydrogen-bond acceptors (Lipinski definition) is 4. The Kier molecular flexibility index (Phi) is 9.43. The summed E-state index contributed by atoms with van der Waals surface area (Å²) in [4.78, 5) is 15.6. The molecule has 3 aromatic heterocycles. The van der Waals surface area contributed by atoms with Crippen LogP contribution in [0.2, 0.25) is 0 Å². The van der Waals surface area contributed by atoms with Crippen molar-refractivity contribution in [3.8, 4) is 84.4 Å². The van der Waals surface area contributed by atoms with Crippen LogP contribution in [0.1, 0.15) is 0 Å². The van der Waals surface area contributed by atoms with Crippen LogP contribution < -0.4 is 0 Å². The van der Waals surface area contributed by atoms with Crippen LogP contribution >= 0.6 is 0 Å². The first-order valence-electron chi connectivity index (χ1n) is 22.9. The zero-order valence-electron chi connectivity index (χ0n) is 36.8. The minimum atomic E-state index is 0.584. The molecular formula is C63H40N4O. The molecule has 0 aliphatic heterocycles. The van der Waals surface area contributed by atoms with Crippen LogP contribution in [0.5, 0.6) is 0 Å². The molecular weight excluding hydrogens is 829 g/mol. The zero-order valence-corrected chi connectivity index (χ0v) is 36.8. The minimum Gasteiger partial charge on any atom is -0.454 e. The Morgan fingerprint density at radius 2 is 0.691 bits per heavy atom. The number of para-hydroxylation sites is 1. The molecule has 0 aliphatic rings. The highest BCUT2D eigenvalue weighted by Gasteiger charge is 2.21. The standard InChI is InChI=1S/C63H40N4O/c1-4-15-41(16-5-1)45-21-12-22-46(37-45)44-29-32-52(33-30-44)67-57-28-11-10-27-53(57)54-34-35-55-56-40-51(31-36-58(56)68-60(55)59(54)67)63-65-61(49-25-13-23-47(38-49)42-17-6-2-7-18-42)64-62(66-63)50-26-14-24-48(39-50)43-19-8-3-9-20-43/h1-40H. The Morgan fingerprint density at radius 1 is 0.279 bits per heavy atom. The van der Waals surface area contributed by atoms with E-state index in [1.807, 2.05) is 12.1 Å². The van der Waals surface area contributed by atoms with Crippen molar-refractivity contribution in [2.75, 3.05) is 0 Å². The largest absolute Gasteiger partial charge is 0.454 e. The van der Waals surface area contributed by atoms with Crippen molar-refractivity contribution in [1.82, 2.24) is 19.5 Å². The second-order valence-corrected chi connectivity index (χ2v) is 17.2. The Labute approximate surface area is 392 Å². The summed E-state index contributed by atoms with van der Waals surface area (Å²) < 4.78 is 9.26. The molecule has 13 rings (SSSR count). The Hall–Kier alpha value is -9.19. The maximum atomic E-state index is 6.92. The maximum Gasteiger partial charge on any atom is 0.164 e. The fraction of sp³-hybridized carbons (Fsp3) is 0. The van der Waals surface area contributed by atoms with Crippen molar-refractivity contribution >= 4 is 43.7 Å². The van der Waals surface area contributed by atoms with Crippen molar-refractivity contribution in [3.05, 3.63) is 243 Å². The maximum absolute atomic E-state index is 6.92. The average molecular weight is 869 g/mol. The van der Waals surface area contributed by atoms with Gasteiger partial charge < -0.3 is 8.98 Å². The van der Waals surface area contributed by atoms with Crippen molar-refractivity contribution in [2.45, 2.75) is 0 Å². The zero-order chi connectivity index (χ0) is 45.0. The van der Waals surface area contributed by atoms with Gasteiger partial charge in [0.15, 0.2) is 23.1 Å². The molecule has 0 fully saturated rings. The molecule has 3 heterocycles. The molecule has 5 heteroatoms. The van der Waals surface area contributed by atoms with E-state index in [9.17, 15) is 0 Å². The second-order valence-electron chi connectivity index (χ2n) is 17.2. The normalized spacial score (nSPS) is 11.5. The lowest BCUT2D eigenvalue weighted by atomic mass is 9.99. The molecule has 68 heavy (non-hydrogen) atoms. The molecule has 0 radical (unpaired) electrons. The predicted molar refractivity (Wildman–Crippen MR) is 279 cm³/mol. The van der Waals surface area contributed by atoms with Crippen molar-refractivity contribution in [3.63, 3.8) is 0 Å². The lowest BCUT2D eigenvalue weighted by Gasteiger charge is -2.11. The first-order valence-corrected chi connectivity index (χ1v) is 22.9. The summed E-state index contributed by atoms with van der Waals surface area (Å²) >= 11 is 0. The first-order chi connectivity index (χ1) is 33.7. The smallest absolute Gasteiger partial charge is 0.164 e. The molecule has 0 unspecified atom stereocenters. The molecule has 0 bridgehead atoms. The fourth-order valence-electron chi connectivity index (χ4n) is 9.70. The highest BCUT2D eigenvalue weighted by Crippen LogP contribution is 2.42. The topological polar surface area (TPSA) is 56.7 Å². The number of hydrogen-bond donors (Lipinski definition) is 0. The Balaban J connectivity index is 0.946. The van der Waals surface area contributed by atoms with Crippen LogP contribution in [0.3, 0.4) is 0 Å². The van der Waals surface area contributed by atoms with Gasteiger partial charge in [0, 0.05) is 43.9 Å². The second kappa shape index (κ2) is 16.4. The van der Waals surface area contributed by atoms with Crippen LogP contribution in [-0.4, -0.2) is 19.5 Å². The van der Waals surface area contributed by atoms with Gasteiger partial charge in [-0.25, -0.2) is 15.0 Å². The van der Waals surface area contributed by atoms with Gasteiger partial charge in [0.1, 0.15) is 5.58 Å². The first kappa shape index (κ1) is 39.2. The summed E-state index contributed by atoms with van der Waals surface area (Å²) in [6.45, 7) is 0. The summed E-state index contributed by atoms with van der Waals surface area (Å²) in [7, 11) is 0. The molecule has 0 saturated carbocycles. The van der Waals surface area contributed by atoms with Gasteiger partial charge in [-0.1, -0.05) is 182 Å². The Morgan fingerprint density at radius 3 is 1.24 bits per heavy atom. The van der Waals surface area contributed by atoms with Gasteiger partial charge >= 0.3 is 0 Å². The number of rotatable bonds is 8. The summed E-state index contributed by atoms with van der Waals surface area (Å²) in [5.74, 6) is 1.79. The third-order valence-corrected chi connectivity index (χ3v) is 13.0. The molecule has 10 aromatic carbocycles. The van der Waals surface area contributed by atoms with E-state index in [1.54, 1.807) is 0 Å². The van der Waals surface area contributed by atoms with Gasteiger partial charge in [-0.05, 0) is 105 Å². The van der Waals surface area contributed by atoms with Crippen molar-refractivity contribution in [2.24, 2.45) is 0 Å². The molecule has 0 saturated heterocycles. The van der Waals surface area contributed by atoms with E-state index in [4.69, 9.17) is 19.4 Å². The van der Waals surface area contributed by atoms with Gasteiger partial charge in [-0.2, -0.15) is 0 Å². The van der Waals surface area contributed by atoms with E-state index in [2.05, 4.69) is 235 Å². The van der Waals surface area contributed by atoms with Gasteiger partial charge in [0.2, 0.25) is 0 Å². The number of nitrogens with zero attached hydrogens (tertiary/aromatic N) is 4. The third-order valence-electron chi connectivity index (χ3n) is 13.0. The van der Waals surface area contributed by atoms with E-state index in [1.165, 1.54) is 22.1 Å². The number of benzene rings is 10. The van der Waals surface area contributed by atoms with Crippen LogP contribution in [0, 0.1) is 0 Å². The van der Waals surface area contributed by atoms with Crippen LogP contribution in [0.15, 0.2) is 247 Å². The molecule has 0 spiro atoms. The molecule has 13 aromatic rings. The summed E-state index contributed by atoms with van der Waals surface area (Å²) in [6.07, 6.45) is 0. The highest BCUT2D eigenvalue weighted by molar-refractivity contribution is 6.21. The van der Waals surface area contributed by atoms with Crippen LogP contribution in [0.25, 0.3) is 128 Å². The minimum absolute atomic E-state index is 0.584. The number of fused-ring (bicyclic) bond motifs is 7. The molecule has 318 valence electrons. The third kappa shape index (κ3) is 6.93. The molecule has 0 aliphatic carbocycles. The van der Waals surface area contributed by atoms with Crippen molar-refractivity contribution < 1.29 is 4.42 Å². The van der Waals surface area contributed by atoms with Gasteiger partial charge in [0.25, 0.3) is 0 Å². The monoisotopic (exact) mass is 868 g/mol. The lowest BCUT2D eigenvalue weighted by molar-refractivity contribution is 0.671. The summed E-state index contributed by atoms with van der Waals surface area (Å²) in [5.41, 5.74) is 16.7. The lowest BCUT2D eigenvalue weighted by Crippen LogP contribution is -2.00.